The number of carbonyl (C=O) groups is 2. The molecule has 198 valence electrons. The summed E-state index contributed by atoms with van der Waals surface area (Å²) in [5, 5.41) is 11.5. The van der Waals surface area contributed by atoms with E-state index >= 15 is 0 Å². The van der Waals surface area contributed by atoms with Crippen molar-refractivity contribution < 1.29 is 28.6 Å². The molecule has 4 aromatic rings. The number of fused-ring (bicyclic) bond motifs is 1. The van der Waals surface area contributed by atoms with E-state index in [1.807, 2.05) is 0 Å². The molecule has 2 aromatic heterocycles. The van der Waals surface area contributed by atoms with Crippen molar-refractivity contribution in [2.45, 2.75) is 19.9 Å². The zero-order valence-corrected chi connectivity index (χ0v) is 22.1. The number of carboxylic acids is 1. The summed E-state index contributed by atoms with van der Waals surface area (Å²) in [7, 11) is 1.56. The van der Waals surface area contributed by atoms with Crippen molar-refractivity contribution in [3.63, 3.8) is 0 Å². The molecule has 0 amide bonds. The number of thiazole rings is 1. The maximum absolute atomic E-state index is 13.7. The lowest BCUT2D eigenvalue weighted by atomic mass is 9.96. The molecule has 10 heteroatoms. The second-order valence-corrected chi connectivity index (χ2v) is 9.62. The molecular weight excluding hydrogens is 520 g/mol. The average molecular weight is 544 g/mol. The molecule has 1 aliphatic rings. The third kappa shape index (κ3) is 4.82. The van der Waals surface area contributed by atoms with Gasteiger partial charge in [-0.1, -0.05) is 47.7 Å². The number of ether oxygens (including phenoxy) is 2. The third-order valence-electron chi connectivity index (χ3n) is 6.26. The van der Waals surface area contributed by atoms with Crippen molar-refractivity contribution in [1.82, 2.24) is 4.57 Å². The topological polar surface area (TPSA) is 123 Å². The van der Waals surface area contributed by atoms with Crippen molar-refractivity contribution in [3.8, 4) is 17.1 Å². The van der Waals surface area contributed by atoms with Gasteiger partial charge in [-0.25, -0.2) is 9.79 Å². The molecule has 0 bridgehead atoms. The number of carbonyl (C=O) groups excluding carboxylic acids is 2. The Kier molecular flexibility index (Phi) is 7.03. The van der Waals surface area contributed by atoms with Crippen LogP contribution in [0.15, 0.2) is 86.1 Å². The van der Waals surface area contributed by atoms with E-state index in [9.17, 15) is 19.5 Å². The van der Waals surface area contributed by atoms with Crippen LogP contribution in [0.1, 0.15) is 41.6 Å². The van der Waals surface area contributed by atoms with Crippen LogP contribution in [-0.2, 0) is 9.53 Å². The van der Waals surface area contributed by atoms with Crippen LogP contribution in [0.25, 0.3) is 17.4 Å². The van der Waals surface area contributed by atoms with Gasteiger partial charge >= 0.3 is 5.97 Å². The number of allylic oxidation sites excluding steroid dienone is 1. The Hall–Kier alpha value is -4.70. The molecule has 0 radical (unpaired) electrons. The van der Waals surface area contributed by atoms with Crippen molar-refractivity contribution in [2.24, 2.45) is 4.99 Å². The normalized spacial score (nSPS) is 15.1. The van der Waals surface area contributed by atoms with Crippen molar-refractivity contribution in [3.05, 3.63) is 109 Å². The minimum atomic E-state index is -1.32. The van der Waals surface area contributed by atoms with Crippen molar-refractivity contribution >= 4 is 29.4 Å². The molecule has 1 aliphatic heterocycles. The molecule has 0 fully saturated rings. The van der Waals surface area contributed by atoms with Gasteiger partial charge in [0.1, 0.15) is 17.3 Å². The zero-order valence-electron chi connectivity index (χ0n) is 21.3. The lowest BCUT2D eigenvalue weighted by Crippen LogP contribution is -2.39. The van der Waals surface area contributed by atoms with Crippen LogP contribution >= 0.6 is 11.3 Å². The average Bonchev–Trinajstić information content (AvgIpc) is 3.52. The van der Waals surface area contributed by atoms with E-state index in [0.29, 0.717) is 43.4 Å². The molecule has 0 saturated carbocycles. The van der Waals surface area contributed by atoms with Gasteiger partial charge in [0.05, 0.1) is 41.5 Å². The Bertz CT molecular complexity index is 1790. The van der Waals surface area contributed by atoms with Crippen LogP contribution in [0.2, 0.25) is 0 Å². The number of esters is 1. The molecule has 0 unspecified atom stereocenters. The fraction of sp³-hybridized carbons (Fsp3) is 0.172. The number of methoxy groups -OCH3 is 1. The number of hydrogen-bond acceptors (Lipinski definition) is 9. The highest BCUT2D eigenvalue weighted by Gasteiger charge is 2.33. The van der Waals surface area contributed by atoms with Gasteiger partial charge < -0.3 is 23.8 Å². The van der Waals surface area contributed by atoms with Gasteiger partial charge in [-0.3, -0.25) is 9.36 Å². The van der Waals surface area contributed by atoms with E-state index in [1.54, 1.807) is 81.6 Å². The van der Waals surface area contributed by atoms with E-state index in [-0.39, 0.29) is 23.3 Å². The van der Waals surface area contributed by atoms with E-state index in [1.165, 1.54) is 10.6 Å². The fourth-order valence-corrected chi connectivity index (χ4v) is 5.50. The van der Waals surface area contributed by atoms with E-state index < -0.39 is 18.0 Å². The van der Waals surface area contributed by atoms with Gasteiger partial charge in [0.2, 0.25) is 0 Å². The van der Waals surface area contributed by atoms with Gasteiger partial charge in [0.25, 0.3) is 5.56 Å². The number of rotatable bonds is 7. The number of aromatic carboxylic acids is 1. The number of hydrogen-bond donors (Lipinski definition) is 0. The molecule has 5 rings (SSSR count). The predicted octanol–water partition coefficient (Wildman–Crippen LogP) is 2.43. The third-order valence-corrected chi connectivity index (χ3v) is 7.24. The fourth-order valence-electron chi connectivity index (χ4n) is 4.47. The lowest BCUT2D eigenvalue weighted by Gasteiger charge is -2.24. The van der Waals surface area contributed by atoms with Gasteiger partial charge in [-0.05, 0) is 43.7 Å². The highest BCUT2D eigenvalue weighted by atomic mass is 32.1. The number of nitrogens with zero attached hydrogens (tertiary/aromatic N) is 2. The maximum atomic E-state index is 13.7. The Morgan fingerprint density at radius 3 is 2.56 bits per heavy atom. The van der Waals surface area contributed by atoms with Crippen LogP contribution < -0.4 is 24.7 Å². The zero-order chi connectivity index (χ0) is 27.7. The number of benzene rings is 2. The Morgan fingerprint density at radius 2 is 1.87 bits per heavy atom. The largest absolute Gasteiger partial charge is 0.545 e. The molecular formula is C29H23N2O7S-. The molecule has 2 aromatic carbocycles. The first-order chi connectivity index (χ1) is 18.8. The van der Waals surface area contributed by atoms with Crippen LogP contribution in [0.3, 0.4) is 0 Å². The van der Waals surface area contributed by atoms with E-state index in [4.69, 9.17) is 13.9 Å². The molecule has 1 atom stereocenters. The maximum Gasteiger partial charge on any atom is 0.338 e. The minimum Gasteiger partial charge on any atom is -0.545 e. The summed E-state index contributed by atoms with van der Waals surface area (Å²) in [5.74, 6) is -0.547. The predicted molar refractivity (Wildman–Crippen MR) is 142 cm³/mol. The van der Waals surface area contributed by atoms with Crippen LogP contribution in [0, 0.1) is 0 Å². The first-order valence-electron chi connectivity index (χ1n) is 12.1. The second kappa shape index (κ2) is 10.6. The Labute approximate surface area is 226 Å². The summed E-state index contributed by atoms with van der Waals surface area (Å²) < 4.78 is 18.3. The Morgan fingerprint density at radius 1 is 1.13 bits per heavy atom. The van der Waals surface area contributed by atoms with Crippen LogP contribution in [0.5, 0.6) is 5.75 Å². The summed E-state index contributed by atoms with van der Waals surface area (Å²) in [6.45, 7) is 3.61. The van der Waals surface area contributed by atoms with Crippen molar-refractivity contribution in [1.29, 1.82) is 0 Å². The first-order valence-corrected chi connectivity index (χ1v) is 12.9. The summed E-state index contributed by atoms with van der Waals surface area (Å²) in [4.78, 5) is 43.2. The molecule has 9 nitrogen and oxygen atoms in total. The molecule has 0 N–H and O–H groups in total. The van der Waals surface area contributed by atoms with Gasteiger partial charge in [-0.15, -0.1) is 0 Å². The minimum absolute atomic E-state index is 0.000708. The highest BCUT2D eigenvalue weighted by Crippen LogP contribution is 2.32. The molecule has 3 heterocycles. The second-order valence-electron chi connectivity index (χ2n) is 8.61. The Balaban J connectivity index is 1.63. The van der Waals surface area contributed by atoms with Gasteiger partial charge in [0, 0.05) is 17.2 Å². The van der Waals surface area contributed by atoms with E-state index in [2.05, 4.69) is 4.99 Å². The van der Waals surface area contributed by atoms with E-state index in [0.717, 1.165) is 11.3 Å². The standard InChI is InChI=1S/C29H24N2O7S/c1-4-37-28(35)24-16(2)30-29-31(25(24)17-9-11-18(36-3)12-10-17)26(32)23(39-29)15-19-13-14-22(38-19)20-7-5-6-8-21(20)27(33)34/h5-15,25H,4H2,1-3H3,(H,33,34)/p-1/b23-15-/t25-/m1/s1. The van der Waals surface area contributed by atoms with Crippen molar-refractivity contribution in [2.75, 3.05) is 13.7 Å². The number of aromatic nitrogens is 1. The molecule has 0 aliphatic carbocycles. The summed E-state index contributed by atoms with van der Waals surface area (Å²) in [6, 6.07) is 16.0. The SMILES string of the molecule is CCOC(=O)C1=C(C)N=c2s/c(=C\c3ccc(-c4ccccc4C(=O)[O-])o3)c(=O)n2[C@@H]1c1ccc(OC)cc1. The molecule has 0 spiro atoms. The highest BCUT2D eigenvalue weighted by molar-refractivity contribution is 7.07. The van der Waals surface area contributed by atoms with Gasteiger partial charge in [-0.2, -0.15) is 0 Å². The quantitative estimate of drug-likeness (QED) is 0.328. The van der Waals surface area contributed by atoms with Crippen LogP contribution in [0.4, 0.5) is 0 Å². The first kappa shape index (κ1) is 25.9. The van der Waals surface area contributed by atoms with Crippen LogP contribution in [-0.4, -0.2) is 30.2 Å². The van der Waals surface area contributed by atoms with Gasteiger partial charge in [0.15, 0.2) is 4.80 Å². The summed E-state index contributed by atoms with van der Waals surface area (Å²) in [6.07, 6.45) is 1.57. The molecule has 39 heavy (non-hydrogen) atoms. The summed E-state index contributed by atoms with van der Waals surface area (Å²) >= 11 is 1.16. The smallest absolute Gasteiger partial charge is 0.338 e. The number of carboxylic acid groups (broad SMARTS) is 1. The monoisotopic (exact) mass is 543 g/mol. The number of furan rings is 1. The molecule has 0 saturated heterocycles. The summed E-state index contributed by atoms with van der Waals surface area (Å²) in [5.41, 5.74) is 1.44. The lowest BCUT2D eigenvalue weighted by molar-refractivity contribution is -0.255.